The standard InChI is InChI=1S/C12H7Cl4NO3/c13-11(12(14,15)16)17-9(18)7-5-6-3-1-2-4-8(6)20-10(7)19/h1-5,11H,(H,17,18). The van der Waals surface area contributed by atoms with Gasteiger partial charge in [-0.3, -0.25) is 4.79 Å². The molecule has 2 aromatic rings. The predicted octanol–water partition coefficient (Wildman–Crippen LogP) is 3.46. The number of halogens is 4. The van der Waals surface area contributed by atoms with E-state index in [1.165, 1.54) is 6.07 Å². The minimum atomic E-state index is -1.89. The van der Waals surface area contributed by atoms with E-state index in [-0.39, 0.29) is 5.56 Å². The highest BCUT2D eigenvalue weighted by Gasteiger charge is 2.33. The van der Waals surface area contributed by atoms with Gasteiger partial charge in [-0.25, -0.2) is 4.79 Å². The van der Waals surface area contributed by atoms with Crippen LogP contribution < -0.4 is 10.9 Å². The number of carbonyl (C=O) groups is 1. The Labute approximate surface area is 133 Å². The fourth-order valence-corrected chi connectivity index (χ4v) is 1.76. The maximum atomic E-state index is 11.9. The molecule has 0 radical (unpaired) electrons. The minimum Gasteiger partial charge on any atom is -0.422 e. The molecular weight excluding hydrogens is 348 g/mol. The number of benzene rings is 1. The third kappa shape index (κ3) is 3.38. The summed E-state index contributed by atoms with van der Waals surface area (Å²) in [6.07, 6.45) is 0. The second-order valence-corrected chi connectivity index (χ2v) is 6.67. The minimum absolute atomic E-state index is 0.219. The number of fused-ring (bicyclic) bond motifs is 1. The maximum Gasteiger partial charge on any atom is 0.349 e. The first kappa shape index (κ1) is 15.4. The summed E-state index contributed by atoms with van der Waals surface area (Å²) in [5, 5.41) is 2.81. The third-order valence-electron chi connectivity index (χ3n) is 2.43. The molecule has 20 heavy (non-hydrogen) atoms. The number of amides is 1. The van der Waals surface area contributed by atoms with Crippen LogP contribution in [0.4, 0.5) is 0 Å². The van der Waals surface area contributed by atoms with Gasteiger partial charge in [-0.2, -0.15) is 0 Å². The molecule has 8 heteroatoms. The first-order chi connectivity index (χ1) is 9.29. The Morgan fingerprint density at radius 3 is 2.55 bits per heavy atom. The van der Waals surface area contributed by atoms with Crippen LogP contribution >= 0.6 is 46.4 Å². The Balaban J connectivity index is 2.35. The van der Waals surface area contributed by atoms with Gasteiger partial charge < -0.3 is 9.73 Å². The summed E-state index contributed by atoms with van der Waals surface area (Å²) in [4.78, 5) is 23.7. The second kappa shape index (κ2) is 5.82. The zero-order valence-electron chi connectivity index (χ0n) is 9.70. The molecule has 1 amide bonds. The molecule has 0 spiro atoms. The summed E-state index contributed by atoms with van der Waals surface area (Å²) < 4.78 is 3.13. The molecule has 0 saturated heterocycles. The Morgan fingerprint density at radius 2 is 1.90 bits per heavy atom. The van der Waals surface area contributed by atoms with Crippen molar-refractivity contribution in [1.29, 1.82) is 0 Å². The maximum absolute atomic E-state index is 11.9. The monoisotopic (exact) mass is 353 g/mol. The van der Waals surface area contributed by atoms with E-state index in [2.05, 4.69) is 5.32 Å². The molecule has 1 aromatic carbocycles. The molecule has 106 valence electrons. The lowest BCUT2D eigenvalue weighted by Crippen LogP contribution is -2.41. The molecule has 1 N–H and O–H groups in total. The van der Waals surface area contributed by atoms with E-state index in [0.717, 1.165) is 0 Å². The van der Waals surface area contributed by atoms with Gasteiger partial charge in [0.1, 0.15) is 11.1 Å². The SMILES string of the molecule is O=C(NC(Cl)C(Cl)(Cl)Cl)c1cc2ccccc2oc1=O. The van der Waals surface area contributed by atoms with Gasteiger partial charge >= 0.3 is 5.63 Å². The van der Waals surface area contributed by atoms with Gasteiger partial charge in [0.05, 0.1) is 0 Å². The van der Waals surface area contributed by atoms with Crippen molar-refractivity contribution < 1.29 is 9.21 Å². The highest BCUT2D eigenvalue weighted by molar-refractivity contribution is 6.70. The van der Waals surface area contributed by atoms with E-state index in [1.807, 2.05) is 0 Å². The van der Waals surface area contributed by atoms with Crippen molar-refractivity contribution in [3.63, 3.8) is 0 Å². The summed E-state index contributed by atoms with van der Waals surface area (Å²) >= 11 is 22.3. The molecule has 0 aliphatic rings. The van der Waals surface area contributed by atoms with Crippen LogP contribution in [0.25, 0.3) is 11.0 Å². The van der Waals surface area contributed by atoms with Gasteiger partial charge in [0, 0.05) is 5.39 Å². The molecule has 0 fully saturated rings. The smallest absolute Gasteiger partial charge is 0.349 e. The van der Waals surface area contributed by atoms with Crippen molar-refractivity contribution in [1.82, 2.24) is 5.32 Å². The van der Waals surface area contributed by atoms with E-state index in [1.54, 1.807) is 24.3 Å². The Bertz CT molecular complexity index is 708. The van der Waals surface area contributed by atoms with Crippen LogP contribution in [0.5, 0.6) is 0 Å². The number of hydrogen-bond acceptors (Lipinski definition) is 3. The number of hydrogen-bond donors (Lipinski definition) is 1. The third-order valence-corrected chi connectivity index (χ3v) is 3.86. The van der Waals surface area contributed by atoms with Crippen molar-refractivity contribution in [3.05, 3.63) is 46.3 Å². The van der Waals surface area contributed by atoms with E-state index < -0.39 is 20.8 Å². The molecule has 2 rings (SSSR count). The largest absolute Gasteiger partial charge is 0.422 e. The van der Waals surface area contributed by atoms with Gasteiger partial charge in [0.25, 0.3) is 5.91 Å². The molecular formula is C12H7Cl4NO3. The topological polar surface area (TPSA) is 59.3 Å². The van der Waals surface area contributed by atoms with E-state index in [9.17, 15) is 9.59 Å². The number of carbonyl (C=O) groups excluding carboxylic acids is 1. The average molecular weight is 355 g/mol. The first-order valence-corrected chi connectivity index (χ1v) is 6.90. The first-order valence-electron chi connectivity index (χ1n) is 5.33. The highest BCUT2D eigenvalue weighted by atomic mass is 35.6. The molecule has 1 aromatic heterocycles. The summed E-state index contributed by atoms with van der Waals surface area (Å²) in [7, 11) is 0. The van der Waals surface area contributed by atoms with Crippen molar-refractivity contribution in [2.75, 3.05) is 0 Å². The summed E-state index contributed by atoms with van der Waals surface area (Å²) in [6, 6.07) is 8.16. The van der Waals surface area contributed by atoms with E-state index in [4.69, 9.17) is 50.8 Å². The second-order valence-electron chi connectivity index (χ2n) is 3.86. The summed E-state index contributed by atoms with van der Waals surface area (Å²) in [6.45, 7) is 0. The predicted molar refractivity (Wildman–Crippen MR) is 79.9 cm³/mol. The lowest BCUT2D eigenvalue weighted by molar-refractivity contribution is 0.0945. The van der Waals surface area contributed by atoms with Crippen LogP contribution in [0.1, 0.15) is 10.4 Å². The normalized spacial score (nSPS) is 13.2. The van der Waals surface area contributed by atoms with Crippen LogP contribution in [-0.4, -0.2) is 15.2 Å². The van der Waals surface area contributed by atoms with Gasteiger partial charge in [-0.15, -0.1) is 0 Å². The van der Waals surface area contributed by atoms with Gasteiger partial charge in [-0.1, -0.05) is 64.6 Å². The van der Waals surface area contributed by atoms with Gasteiger partial charge in [-0.05, 0) is 12.1 Å². The Morgan fingerprint density at radius 1 is 1.25 bits per heavy atom. The lowest BCUT2D eigenvalue weighted by Gasteiger charge is -2.18. The Kier molecular flexibility index (Phi) is 4.49. The van der Waals surface area contributed by atoms with Crippen LogP contribution in [0.15, 0.2) is 39.5 Å². The van der Waals surface area contributed by atoms with Crippen LogP contribution in [0, 0.1) is 0 Å². The summed E-state index contributed by atoms with van der Waals surface area (Å²) in [5.41, 5.74) is -1.93. The molecule has 1 heterocycles. The molecule has 0 aliphatic carbocycles. The van der Waals surface area contributed by atoms with Gasteiger partial charge in [0.2, 0.25) is 3.79 Å². The van der Waals surface area contributed by atoms with Crippen LogP contribution in [0.3, 0.4) is 0 Å². The van der Waals surface area contributed by atoms with E-state index in [0.29, 0.717) is 11.0 Å². The fraction of sp³-hybridized carbons (Fsp3) is 0.167. The number of nitrogens with one attached hydrogen (secondary N) is 1. The number of rotatable bonds is 2. The van der Waals surface area contributed by atoms with Crippen LogP contribution in [-0.2, 0) is 0 Å². The Hall–Kier alpha value is -0.940. The number of alkyl halides is 4. The highest BCUT2D eigenvalue weighted by Crippen LogP contribution is 2.32. The molecule has 0 bridgehead atoms. The van der Waals surface area contributed by atoms with Gasteiger partial charge in [0.15, 0.2) is 5.50 Å². The lowest BCUT2D eigenvalue weighted by atomic mass is 10.2. The molecule has 0 saturated carbocycles. The van der Waals surface area contributed by atoms with Crippen molar-refractivity contribution in [2.45, 2.75) is 9.29 Å². The summed E-state index contributed by atoms with van der Waals surface area (Å²) in [5.74, 6) is -0.782. The zero-order chi connectivity index (χ0) is 14.9. The average Bonchev–Trinajstić information content (AvgIpc) is 2.36. The van der Waals surface area contributed by atoms with Crippen molar-refractivity contribution in [3.8, 4) is 0 Å². The van der Waals surface area contributed by atoms with Crippen molar-refractivity contribution in [2.24, 2.45) is 0 Å². The van der Waals surface area contributed by atoms with E-state index >= 15 is 0 Å². The fourth-order valence-electron chi connectivity index (χ4n) is 1.49. The number of para-hydroxylation sites is 1. The molecule has 1 unspecified atom stereocenters. The molecule has 0 aliphatic heterocycles. The molecule has 4 nitrogen and oxygen atoms in total. The zero-order valence-corrected chi connectivity index (χ0v) is 12.7. The quantitative estimate of drug-likeness (QED) is 0.510. The molecule has 1 atom stereocenters. The van der Waals surface area contributed by atoms with Crippen LogP contribution in [0.2, 0.25) is 0 Å². The van der Waals surface area contributed by atoms with Crippen molar-refractivity contribution >= 4 is 63.3 Å².